The van der Waals surface area contributed by atoms with Crippen LogP contribution in [0.3, 0.4) is 0 Å². The lowest BCUT2D eigenvalue weighted by atomic mass is 10.2. The molecule has 0 saturated carbocycles. The predicted octanol–water partition coefficient (Wildman–Crippen LogP) is 3.40. The second-order valence-corrected chi connectivity index (χ2v) is 6.17. The van der Waals surface area contributed by atoms with Crippen molar-refractivity contribution in [3.05, 3.63) is 52.5 Å². The lowest BCUT2D eigenvalue weighted by Gasteiger charge is -2.14. The van der Waals surface area contributed by atoms with Gasteiger partial charge >= 0.3 is 11.8 Å². The van der Waals surface area contributed by atoms with E-state index in [9.17, 15) is 9.59 Å². The number of nitrogens with one attached hydrogen (secondary N) is 2. The Morgan fingerprint density at radius 2 is 1.57 bits per heavy atom. The lowest BCUT2D eigenvalue weighted by Crippen LogP contribution is -2.29. The Morgan fingerprint density at radius 3 is 2.13 bits per heavy atom. The Hall–Kier alpha value is -2.34. The molecule has 0 spiro atoms. The van der Waals surface area contributed by atoms with Crippen LogP contribution < -0.4 is 15.5 Å². The Kier molecular flexibility index (Phi) is 5.39. The number of aryl methyl sites for hydroxylation is 1. The predicted molar refractivity (Wildman–Crippen MR) is 96.9 cm³/mol. The molecule has 2 amide bonds. The van der Waals surface area contributed by atoms with Crippen LogP contribution in [0.15, 0.2) is 46.9 Å². The van der Waals surface area contributed by atoms with E-state index >= 15 is 0 Å². The van der Waals surface area contributed by atoms with E-state index in [-0.39, 0.29) is 0 Å². The summed E-state index contributed by atoms with van der Waals surface area (Å²) < 4.78 is 0.945. The molecule has 2 N–H and O–H groups in total. The molecule has 120 valence electrons. The van der Waals surface area contributed by atoms with Gasteiger partial charge in [0.2, 0.25) is 0 Å². The first-order chi connectivity index (χ1) is 10.9. The second-order valence-electron chi connectivity index (χ2n) is 5.32. The highest BCUT2D eigenvalue weighted by atomic mass is 79.9. The normalized spacial score (nSPS) is 10.1. The molecule has 0 heterocycles. The first-order valence-electron chi connectivity index (χ1n) is 7.02. The van der Waals surface area contributed by atoms with Crippen LogP contribution >= 0.6 is 15.9 Å². The highest BCUT2D eigenvalue weighted by molar-refractivity contribution is 9.10. The molecule has 2 aromatic carbocycles. The first-order valence-corrected chi connectivity index (χ1v) is 7.82. The molecule has 2 rings (SSSR count). The molecule has 0 unspecified atom stereocenters. The van der Waals surface area contributed by atoms with Gasteiger partial charge in [0, 0.05) is 35.6 Å². The zero-order valence-electron chi connectivity index (χ0n) is 13.2. The summed E-state index contributed by atoms with van der Waals surface area (Å²) >= 11 is 3.39. The van der Waals surface area contributed by atoms with E-state index in [4.69, 9.17) is 0 Å². The van der Waals surface area contributed by atoms with Crippen molar-refractivity contribution < 1.29 is 9.59 Å². The van der Waals surface area contributed by atoms with Crippen LogP contribution in [0.2, 0.25) is 0 Å². The van der Waals surface area contributed by atoms with E-state index in [2.05, 4.69) is 26.6 Å². The molecule has 0 aromatic heterocycles. The molecule has 2 aromatic rings. The molecule has 0 aliphatic rings. The van der Waals surface area contributed by atoms with Crippen LogP contribution in [-0.2, 0) is 9.59 Å². The fraction of sp³-hybridized carbons (Fsp3) is 0.176. The number of amides is 2. The zero-order valence-corrected chi connectivity index (χ0v) is 14.8. The quantitative estimate of drug-likeness (QED) is 0.808. The fourth-order valence-corrected chi connectivity index (χ4v) is 2.21. The third-order valence-electron chi connectivity index (χ3n) is 3.24. The van der Waals surface area contributed by atoms with E-state index in [1.165, 1.54) is 0 Å². The summed E-state index contributed by atoms with van der Waals surface area (Å²) in [6, 6.07) is 12.6. The van der Waals surface area contributed by atoms with Crippen molar-refractivity contribution >= 4 is 44.8 Å². The number of benzene rings is 2. The van der Waals surface area contributed by atoms with Crippen molar-refractivity contribution in [1.82, 2.24) is 0 Å². The van der Waals surface area contributed by atoms with Gasteiger partial charge in [-0.25, -0.2) is 0 Å². The number of hydrogen-bond donors (Lipinski definition) is 2. The maximum Gasteiger partial charge on any atom is 0.314 e. The van der Waals surface area contributed by atoms with Crippen LogP contribution in [-0.4, -0.2) is 25.9 Å². The van der Waals surface area contributed by atoms with Gasteiger partial charge in [-0.15, -0.1) is 0 Å². The Labute approximate surface area is 143 Å². The Morgan fingerprint density at radius 1 is 0.957 bits per heavy atom. The van der Waals surface area contributed by atoms with Gasteiger partial charge in [0.15, 0.2) is 0 Å². The Balaban J connectivity index is 2.04. The molecule has 0 saturated heterocycles. The first kappa shape index (κ1) is 17.0. The molecule has 23 heavy (non-hydrogen) atoms. The average molecular weight is 376 g/mol. The topological polar surface area (TPSA) is 61.4 Å². The van der Waals surface area contributed by atoms with Gasteiger partial charge < -0.3 is 15.5 Å². The molecule has 5 nitrogen and oxygen atoms in total. The number of nitrogens with zero attached hydrogens (tertiary/aromatic N) is 1. The summed E-state index contributed by atoms with van der Waals surface area (Å²) in [7, 11) is 3.81. The third kappa shape index (κ3) is 4.56. The van der Waals surface area contributed by atoms with Crippen molar-refractivity contribution in [2.24, 2.45) is 0 Å². The number of anilines is 3. The van der Waals surface area contributed by atoms with Crippen molar-refractivity contribution in [2.75, 3.05) is 29.6 Å². The van der Waals surface area contributed by atoms with Crippen LogP contribution in [0.4, 0.5) is 17.1 Å². The third-order valence-corrected chi connectivity index (χ3v) is 4.13. The standard InChI is InChI=1S/C17H18BrN3O2/c1-11-9-13(7-8-15(11)18)20-17(23)16(22)19-12-5-4-6-14(10-12)21(2)3/h4-10H,1-3H3,(H,19,22)(H,20,23). The van der Waals surface area contributed by atoms with Gasteiger partial charge in [-0.2, -0.15) is 0 Å². The minimum absolute atomic E-state index is 0.573. The van der Waals surface area contributed by atoms with Crippen molar-refractivity contribution in [2.45, 2.75) is 6.92 Å². The molecule has 6 heteroatoms. The van der Waals surface area contributed by atoms with E-state index in [1.807, 2.05) is 44.1 Å². The number of rotatable bonds is 3. The van der Waals surface area contributed by atoms with Gasteiger partial charge in [-0.05, 0) is 48.9 Å². The number of carbonyl (C=O) groups is 2. The van der Waals surface area contributed by atoms with Gasteiger partial charge in [0.1, 0.15) is 0 Å². The van der Waals surface area contributed by atoms with Crippen molar-refractivity contribution in [3.8, 4) is 0 Å². The average Bonchev–Trinajstić information content (AvgIpc) is 2.51. The van der Waals surface area contributed by atoms with E-state index < -0.39 is 11.8 Å². The molecule has 0 bridgehead atoms. The van der Waals surface area contributed by atoms with Crippen LogP contribution in [0, 0.1) is 6.92 Å². The van der Waals surface area contributed by atoms with Gasteiger partial charge in [0.25, 0.3) is 0 Å². The molecule has 0 aliphatic carbocycles. The SMILES string of the molecule is Cc1cc(NC(=O)C(=O)Nc2cccc(N(C)C)c2)ccc1Br. The summed E-state index contributed by atoms with van der Waals surface area (Å²) in [5.41, 5.74) is 3.06. The van der Waals surface area contributed by atoms with Crippen molar-refractivity contribution in [1.29, 1.82) is 0 Å². The van der Waals surface area contributed by atoms with E-state index in [0.717, 1.165) is 15.7 Å². The monoisotopic (exact) mass is 375 g/mol. The van der Waals surface area contributed by atoms with Crippen LogP contribution in [0.5, 0.6) is 0 Å². The van der Waals surface area contributed by atoms with Crippen LogP contribution in [0.1, 0.15) is 5.56 Å². The zero-order chi connectivity index (χ0) is 17.0. The number of halogens is 1. The second kappa shape index (κ2) is 7.28. The summed E-state index contributed by atoms with van der Waals surface area (Å²) in [4.78, 5) is 25.9. The molecule has 0 radical (unpaired) electrons. The summed E-state index contributed by atoms with van der Waals surface area (Å²) in [6.07, 6.45) is 0. The minimum Gasteiger partial charge on any atom is -0.378 e. The maximum atomic E-state index is 12.0. The highest BCUT2D eigenvalue weighted by Crippen LogP contribution is 2.20. The molecular weight excluding hydrogens is 358 g/mol. The maximum absolute atomic E-state index is 12.0. The summed E-state index contributed by atoms with van der Waals surface area (Å²) in [6.45, 7) is 1.91. The molecule has 0 atom stereocenters. The minimum atomic E-state index is -0.707. The number of hydrogen-bond acceptors (Lipinski definition) is 3. The largest absolute Gasteiger partial charge is 0.378 e. The van der Waals surface area contributed by atoms with E-state index in [0.29, 0.717) is 11.4 Å². The molecular formula is C17H18BrN3O2. The van der Waals surface area contributed by atoms with E-state index in [1.54, 1.807) is 24.3 Å². The molecule has 0 fully saturated rings. The molecule has 0 aliphatic heterocycles. The lowest BCUT2D eigenvalue weighted by molar-refractivity contribution is -0.132. The summed E-state index contributed by atoms with van der Waals surface area (Å²) in [5, 5.41) is 5.18. The fourth-order valence-electron chi connectivity index (χ4n) is 1.96. The van der Waals surface area contributed by atoms with Gasteiger partial charge in [-0.1, -0.05) is 22.0 Å². The smallest absolute Gasteiger partial charge is 0.314 e. The van der Waals surface area contributed by atoms with Gasteiger partial charge in [0.05, 0.1) is 0 Å². The Bertz CT molecular complexity index is 744. The van der Waals surface area contributed by atoms with Gasteiger partial charge in [-0.3, -0.25) is 9.59 Å². The summed E-state index contributed by atoms with van der Waals surface area (Å²) in [5.74, 6) is -1.41. The van der Waals surface area contributed by atoms with Crippen LogP contribution in [0.25, 0.3) is 0 Å². The number of carbonyl (C=O) groups excluding carboxylic acids is 2. The highest BCUT2D eigenvalue weighted by Gasteiger charge is 2.14. The van der Waals surface area contributed by atoms with Crippen molar-refractivity contribution in [3.63, 3.8) is 0 Å².